The van der Waals surface area contributed by atoms with Gasteiger partial charge in [-0.05, 0) is 46.5 Å². The summed E-state index contributed by atoms with van der Waals surface area (Å²) in [6.07, 6.45) is -48.5. The second-order valence-corrected chi connectivity index (χ2v) is 27.8. The van der Waals surface area contributed by atoms with Gasteiger partial charge < -0.3 is 177 Å². The highest BCUT2D eigenvalue weighted by Gasteiger charge is 2.62. The molecule has 33 atom stereocenters. The van der Waals surface area contributed by atoms with E-state index >= 15 is 0 Å². The number of nitrogens with two attached hydrogens (primary N) is 1. The molecule has 0 aromatic rings. The van der Waals surface area contributed by atoms with Gasteiger partial charge in [-0.2, -0.15) is 0 Å². The molecule has 0 aromatic heterocycles. The van der Waals surface area contributed by atoms with Crippen LogP contribution in [0.2, 0.25) is 0 Å². The van der Waals surface area contributed by atoms with Crippen LogP contribution in [0.15, 0.2) is 0 Å². The number of hydrogen-bond acceptors (Lipinski definition) is 35. The largest absolute Gasteiger partial charge is 0.477 e. The number of amides is 9. The van der Waals surface area contributed by atoms with Gasteiger partial charge in [0.15, 0.2) is 25.2 Å². The third-order valence-electron chi connectivity index (χ3n) is 19.8. The fourth-order valence-corrected chi connectivity index (χ4v) is 13.8. The van der Waals surface area contributed by atoms with Crippen LogP contribution < -0.4 is 37.6 Å². The minimum atomic E-state index is -3.33. The van der Waals surface area contributed by atoms with Gasteiger partial charge in [0.2, 0.25) is 53.2 Å². The molecule has 0 aliphatic carbocycles. The molecule has 7 heterocycles. The summed E-state index contributed by atoms with van der Waals surface area (Å²) >= 11 is 0. The van der Waals surface area contributed by atoms with Crippen molar-refractivity contribution in [3.63, 3.8) is 0 Å². The third kappa shape index (κ3) is 20.5. The number of nitrogens with one attached hydrogen (secondary N) is 6. The van der Waals surface area contributed by atoms with Gasteiger partial charge in [0.1, 0.15) is 146 Å². The van der Waals surface area contributed by atoms with Crippen LogP contribution in [0.4, 0.5) is 0 Å². The molecule has 45 nitrogen and oxygen atoms in total. The monoisotopic (exact) mass is 1560 g/mol. The zero-order valence-corrected chi connectivity index (χ0v) is 60.0. The SMILES string of the molecule is CC(=O)NC1[C@H](OCC2O[C@H](OC(C)C(NC(=O)C(C)CO)C(=O)NC(C)C(=O)N3CCCC3C(=O)N3CCCC3C(=O)NC(C)C(N)=O)C(NC(C)=O)[C@@H](O[C@@H]3OC(CO)[C@H](O)[C@H](O[C@]4(C(=O)O)C[C@@H](O)[C@@H](NC(C)=O)C([C@H](O)[C@H](O)CO)O4)C3O)[C@H]2O)OC(CO)[C@@H](O[C@@H]2OC(CO)[C@H](O)[C@H](O)C2O)[C@@H]1O. The fourth-order valence-electron chi connectivity index (χ4n) is 13.8. The summed E-state index contributed by atoms with van der Waals surface area (Å²) in [5.74, 6) is -14.6. The van der Waals surface area contributed by atoms with Crippen molar-refractivity contribution >= 4 is 59.1 Å². The molecular formula is C63H103N9O36. The average molecular weight is 1560 g/mol. The lowest BCUT2D eigenvalue weighted by molar-refractivity contribution is -0.383. The highest BCUT2D eigenvalue weighted by atomic mass is 16.8. The molecule has 0 bridgehead atoms. The zero-order chi connectivity index (χ0) is 80.4. The Hall–Kier alpha value is -6.30. The van der Waals surface area contributed by atoms with Crippen LogP contribution >= 0.6 is 0 Å². The molecule has 108 heavy (non-hydrogen) atoms. The summed E-state index contributed by atoms with van der Waals surface area (Å²) in [6.45, 7) is 1.67. The number of hydrogen-bond donors (Lipinski definition) is 23. The van der Waals surface area contributed by atoms with Gasteiger partial charge in [0.25, 0.3) is 5.79 Å². The molecule has 24 N–H and O–H groups in total. The molecule has 0 spiro atoms. The van der Waals surface area contributed by atoms with E-state index in [4.69, 9.17) is 53.1 Å². The Labute approximate surface area is 616 Å². The van der Waals surface area contributed by atoms with Crippen LogP contribution in [0.3, 0.4) is 0 Å². The summed E-state index contributed by atoms with van der Waals surface area (Å²) in [4.78, 5) is 137. The normalized spacial score (nSPS) is 37.8. The second kappa shape index (κ2) is 38.8. The molecule has 0 radical (unpaired) electrons. The highest BCUT2D eigenvalue weighted by Crippen LogP contribution is 2.40. The van der Waals surface area contributed by atoms with Crippen molar-refractivity contribution in [2.75, 3.05) is 52.7 Å². The fraction of sp³-hybridized carbons (Fsp3) is 0.841. The van der Waals surface area contributed by atoms with Crippen LogP contribution in [0.1, 0.15) is 80.6 Å². The molecule has 16 unspecified atom stereocenters. The Morgan fingerprint density at radius 1 is 0.556 bits per heavy atom. The van der Waals surface area contributed by atoms with Crippen molar-refractivity contribution < 1.29 is 177 Å². The summed E-state index contributed by atoms with van der Waals surface area (Å²) in [7, 11) is 0. The Balaban J connectivity index is 1.24. The number of aliphatic hydroxyl groups excluding tert-OH is 15. The van der Waals surface area contributed by atoms with Gasteiger partial charge in [0, 0.05) is 40.3 Å². The number of ether oxygens (including phenoxy) is 10. The summed E-state index contributed by atoms with van der Waals surface area (Å²) in [6, 6.07) is -12.4. The molecule has 45 heteroatoms. The minimum Gasteiger partial charge on any atom is -0.477 e. The topological polar surface area (TPSA) is 691 Å². The molecule has 7 fully saturated rings. The van der Waals surface area contributed by atoms with E-state index in [0.29, 0.717) is 12.8 Å². The van der Waals surface area contributed by atoms with Gasteiger partial charge in [-0.25, -0.2) is 4.79 Å². The number of carbonyl (C=O) groups excluding carboxylic acids is 9. The lowest BCUT2D eigenvalue weighted by atomic mass is 9.88. The van der Waals surface area contributed by atoms with E-state index in [1.807, 2.05) is 0 Å². The maximum Gasteiger partial charge on any atom is 0.364 e. The van der Waals surface area contributed by atoms with Crippen molar-refractivity contribution in [2.45, 2.75) is 276 Å². The molecule has 7 rings (SSSR count). The lowest BCUT2D eigenvalue weighted by Crippen LogP contribution is -2.71. The summed E-state index contributed by atoms with van der Waals surface area (Å²) in [5, 5.41) is 190. The molecular weight excluding hydrogens is 1460 g/mol. The van der Waals surface area contributed by atoms with Crippen molar-refractivity contribution in [1.29, 1.82) is 0 Å². The van der Waals surface area contributed by atoms with Gasteiger partial charge in [0.05, 0.1) is 63.8 Å². The second-order valence-electron chi connectivity index (χ2n) is 27.8. The quantitative estimate of drug-likeness (QED) is 0.0297. The Bertz CT molecular complexity index is 3100. The number of carbonyl (C=O) groups is 10. The molecule has 0 saturated carbocycles. The first-order chi connectivity index (χ1) is 50.8. The molecule has 7 aliphatic rings. The van der Waals surface area contributed by atoms with Crippen LogP contribution in [0.25, 0.3) is 0 Å². The molecule has 7 aliphatic heterocycles. The zero-order valence-electron chi connectivity index (χ0n) is 60.0. The number of carboxylic acids is 1. The first-order valence-corrected chi connectivity index (χ1v) is 35.1. The van der Waals surface area contributed by atoms with Crippen molar-refractivity contribution in [2.24, 2.45) is 11.7 Å². The number of nitrogens with zero attached hydrogens (tertiary/aromatic N) is 2. The van der Waals surface area contributed by atoms with E-state index in [2.05, 4.69) is 31.9 Å². The number of likely N-dealkylation sites (tertiary alicyclic amines) is 2. The van der Waals surface area contributed by atoms with E-state index in [0.717, 1.165) is 27.7 Å². The number of carboxylic acid groups (broad SMARTS) is 1. The number of primary amides is 1. The van der Waals surface area contributed by atoms with Crippen LogP contribution in [0, 0.1) is 5.92 Å². The first kappa shape index (κ1) is 88.9. The molecule has 7 saturated heterocycles. The smallest absolute Gasteiger partial charge is 0.364 e. The summed E-state index contributed by atoms with van der Waals surface area (Å²) in [5.41, 5.74) is 5.35. The standard InChI is InChI=1S/C63H103N9O36/c1-21(15-73)53(92)70-36(55(94)66-23(3)56(95)72-13-9-11-29(72)57(96)71-12-8-10-28(71)54(93)65-22(2)52(64)91)24(4)100-59-39(69-27(7)80)49(43(86)35(104-59)20-99-58-38(68-26(6)79)44(87)48(34(19-77)103-58)105-60-46(89)45(88)41(84)32(17-75)101-60)106-61-47(90)51(42(85)33(18-76)102-61)108-63(62(97)98)14-30(81)37(67-25(5)78)50(107-63)40(83)31(82)16-74/h21-24,28-51,58-61,73-77,81-90H,8-20H2,1-7H3,(H2,64,91)(H,65,93)(H,66,94)(H,67,78)(H,68,79)(H,69,80)(H,70,92)(H,97,98)/t21?,22?,23?,24?,28?,29?,30-,31-,32?,33?,34?,35?,36?,37-,38?,39?,40-,41+,42+,43+,44-,45+,46?,47?,48-,49-,50?,51+,58-,59+,60+,61+,63+/m1/s1. The van der Waals surface area contributed by atoms with Crippen molar-refractivity contribution in [3.05, 3.63) is 0 Å². The van der Waals surface area contributed by atoms with E-state index in [1.165, 1.54) is 30.6 Å². The maximum atomic E-state index is 14.8. The highest BCUT2D eigenvalue weighted by molar-refractivity contribution is 5.97. The number of aliphatic carboxylic acids is 1. The predicted molar refractivity (Wildman–Crippen MR) is 349 cm³/mol. The first-order valence-electron chi connectivity index (χ1n) is 35.1. The molecule has 9 amide bonds. The van der Waals surface area contributed by atoms with Crippen molar-refractivity contribution in [1.82, 2.24) is 41.7 Å². The number of rotatable bonds is 32. The van der Waals surface area contributed by atoms with Crippen LogP contribution in [-0.4, -0.2) is 399 Å². The van der Waals surface area contributed by atoms with Crippen LogP contribution in [0.5, 0.6) is 0 Å². The minimum absolute atomic E-state index is 0.00968. The van der Waals surface area contributed by atoms with Gasteiger partial charge in [-0.3, -0.25) is 43.2 Å². The Kier molecular flexibility index (Phi) is 31.9. The van der Waals surface area contributed by atoms with E-state index in [1.54, 1.807) is 0 Å². The van der Waals surface area contributed by atoms with Gasteiger partial charge in [-0.1, -0.05) is 6.92 Å². The Morgan fingerprint density at radius 2 is 1.09 bits per heavy atom. The van der Waals surface area contributed by atoms with E-state index in [-0.39, 0.29) is 25.9 Å². The molecule has 616 valence electrons. The van der Waals surface area contributed by atoms with E-state index in [9.17, 15) is 130 Å². The van der Waals surface area contributed by atoms with Crippen molar-refractivity contribution in [3.8, 4) is 0 Å². The van der Waals surface area contributed by atoms with Gasteiger partial charge in [-0.15, -0.1) is 0 Å². The lowest BCUT2D eigenvalue weighted by Gasteiger charge is -2.51. The Morgan fingerprint density at radius 3 is 1.67 bits per heavy atom. The molecule has 0 aromatic carbocycles. The average Bonchev–Trinajstić information content (AvgIpc) is 0.938. The summed E-state index contributed by atoms with van der Waals surface area (Å²) < 4.78 is 59.8. The maximum absolute atomic E-state index is 14.8. The number of aliphatic hydroxyl groups is 15. The van der Waals surface area contributed by atoms with Gasteiger partial charge >= 0.3 is 5.97 Å². The predicted octanol–water partition coefficient (Wildman–Crippen LogP) is -14.3. The third-order valence-corrected chi connectivity index (χ3v) is 19.8. The van der Waals surface area contributed by atoms with Crippen LogP contribution in [-0.2, 0) is 95.3 Å². The van der Waals surface area contributed by atoms with E-state index < -0.39 is 306 Å².